The molecule has 0 bridgehead atoms. The molecule has 7 heavy (non-hydrogen) atoms. The molecule has 2 N–H and O–H groups in total. The Labute approximate surface area is 59.2 Å². The Kier molecular flexibility index (Phi) is 36.4. The second kappa shape index (κ2) is 16.3. The quantitative estimate of drug-likeness (QED) is 0.368. The predicted molar refractivity (Wildman–Crippen MR) is 18.4 cm³/mol. The van der Waals surface area contributed by atoms with E-state index in [0.717, 1.165) is 0 Å². The first-order valence-corrected chi connectivity index (χ1v) is 1.82. The molecule has 0 amide bonds. The Morgan fingerprint density at radius 2 is 1.43 bits per heavy atom. The summed E-state index contributed by atoms with van der Waals surface area (Å²) in [6.07, 6.45) is 0. The van der Waals surface area contributed by atoms with Gasteiger partial charge in [0.25, 0.3) is 11.4 Å². The average Bonchev–Trinajstić information content (AvgIpc) is 1.41. The van der Waals surface area contributed by atoms with Crippen molar-refractivity contribution in [2.45, 2.75) is 0 Å². The Hall–Kier alpha value is 0.300. The van der Waals surface area contributed by atoms with E-state index < -0.39 is 11.4 Å². The minimum atomic E-state index is -2.61. The molecule has 0 aliphatic rings. The van der Waals surface area contributed by atoms with Crippen LogP contribution < -0.4 is 0 Å². The van der Waals surface area contributed by atoms with Gasteiger partial charge in [-0.2, -0.15) is 4.21 Å². The molecule has 0 aliphatic heterocycles. The fraction of sp³-hybridized carbons (Fsp3) is 0. The summed E-state index contributed by atoms with van der Waals surface area (Å²) in [7, 11) is 0. The van der Waals surface area contributed by atoms with E-state index in [2.05, 4.69) is 0 Å². The van der Waals surface area contributed by atoms with Crippen LogP contribution in [0.1, 0.15) is 0 Å². The van der Waals surface area contributed by atoms with Gasteiger partial charge in [0.05, 0.1) is 0 Å². The van der Waals surface area contributed by atoms with Gasteiger partial charge in [-0.25, -0.2) is 0 Å². The van der Waals surface area contributed by atoms with E-state index in [4.69, 9.17) is 25.1 Å². The molecule has 0 saturated carbocycles. The van der Waals surface area contributed by atoms with Gasteiger partial charge in [0.2, 0.25) is 0 Å². The van der Waals surface area contributed by atoms with E-state index >= 15 is 0 Å². The van der Waals surface area contributed by atoms with Gasteiger partial charge in [0.15, 0.2) is 0 Å². The summed E-state index contributed by atoms with van der Waals surface area (Å²) in [5.41, 5.74) is 0. The minimum absolute atomic E-state index is 0. The molecular weight excluding hydrogens is 303 g/mol. The molecule has 6 heteroatoms. The number of nitrogens with zero attached hydrogens (tertiary/aromatic N) is 1. The maximum atomic E-state index is 8.67. The van der Waals surface area contributed by atoms with Crippen LogP contribution in [0.3, 0.4) is 0 Å². The second-order valence-electron chi connectivity index (χ2n) is 0.231. The van der Waals surface area contributed by atoms with E-state index in [9.17, 15) is 0 Å². The fourth-order valence-electron chi connectivity index (χ4n) is 0. The standard InChI is InChI=1S/CN.Au.H2O3S/c1-2;;1-4(2)3/h;;(H2,1,2,3)/q-1;+1;. The summed E-state index contributed by atoms with van der Waals surface area (Å²) < 4.78 is 22.8. The molecule has 0 aliphatic carbocycles. The van der Waals surface area contributed by atoms with Crippen LogP contribution in [0.4, 0.5) is 0 Å². The van der Waals surface area contributed by atoms with Gasteiger partial charge in [0.1, 0.15) is 0 Å². The molecule has 0 atom stereocenters. The van der Waals surface area contributed by atoms with Gasteiger partial charge >= 0.3 is 22.4 Å². The zero-order valence-corrected chi connectivity index (χ0v) is 5.94. The SMILES string of the molecule is O=S(O)O.[Au+].[C-]#N. The molecule has 46 valence electrons. The van der Waals surface area contributed by atoms with Crippen LogP contribution in [0.15, 0.2) is 0 Å². The molecular formula is CH2AuNO3S. The van der Waals surface area contributed by atoms with E-state index in [1.54, 1.807) is 0 Å². The minimum Gasteiger partial charge on any atom is -0.512 e. The molecule has 0 fully saturated rings. The molecule has 0 aromatic carbocycles. The Balaban J connectivity index is -0.0000000480. The Morgan fingerprint density at radius 3 is 1.43 bits per heavy atom. The van der Waals surface area contributed by atoms with Crippen LogP contribution in [-0.2, 0) is 33.7 Å². The average molecular weight is 305 g/mol. The van der Waals surface area contributed by atoms with Gasteiger partial charge in [-0.15, -0.1) is 0 Å². The first-order valence-electron chi connectivity index (χ1n) is 0.755. The third kappa shape index (κ3) is 1290. The van der Waals surface area contributed by atoms with Crippen LogP contribution in [-0.4, -0.2) is 13.3 Å². The van der Waals surface area contributed by atoms with E-state index in [1.807, 2.05) is 0 Å². The van der Waals surface area contributed by atoms with Crippen molar-refractivity contribution in [3.05, 3.63) is 6.57 Å². The van der Waals surface area contributed by atoms with Crippen molar-refractivity contribution in [2.24, 2.45) is 0 Å². The van der Waals surface area contributed by atoms with E-state index in [-0.39, 0.29) is 22.4 Å². The molecule has 0 rings (SSSR count). The summed E-state index contributed by atoms with van der Waals surface area (Å²) in [5, 5.41) is 6.25. The monoisotopic (exact) mass is 305 g/mol. The first kappa shape index (κ1) is 15.7. The number of rotatable bonds is 0. The summed E-state index contributed by atoms with van der Waals surface area (Å²) in [6.45, 7) is 4.75. The normalized spacial score (nSPS) is 5.29. The maximum absolute atomic E-state index is 8.67. The molecule has 4 nitrogen and oxygen atoms in total. The van der Waals surface area contributed by atoms with Crippen molar-refractivity contribution in [1.82, 2.24) is 0 Å². The van der Waals surface area contributed by atoms with Crippen LogP contribution in [0.5, 0.6) is 0 Å². The fourth-order valence-corrected chi connectivity index (χ4v) is 0. The van der Waals surface area contributed by atoms with Gasteiger partial charge in [-0.3, -0.25) is 9.11 Å². The molecule has 0 spiro atoms. The smallest absolute Gasteiger partial charge is 0.512 e. The summed E-state index contributed by atoms with van der Waals surface area (Å²) in [5.74, 6) is 0. The molecule has 0 heterocycles. The topological polar surface area (TPSA) is 81.3 Å². The third-order valence-corrected chi connectivity index (χ3v) is 0. The van der Waals surface area contributed by atoms with Gasteiger partial charge < -0.3 is 11.8 Å². The van der Waals surface area contributed by atoms with Crippen molar-refractivity contribution in [3.8, 4) is 0 Å². The van der Waals surface area contributed by atoms with Crippen LogP contribution >= 0.6 is 0 Å². The largest absolute Gasteiger partial charge is 1.00 e. The van der Waals surface area contributed by atoms with E-state index in [1.165, 1.54) is 0 Å². The summed E-state index contributed by atoms with van der Waals surface area (Å²) in [4.78, 5) is 0. The summed E-state index contributed by atoms with van der Waals surface area (Å²) >= 11 is -2.61. The zero-order valence-electron chi connectivity index (χ0n) is 2.96. The Bertz CT molecular complexity index is 59.2. The van der Waals surface area contributed by atoms with Crippen LogP contribution in [0.25, 0.3) is 0 Å². The molecule has 0 aromatic heterocycles. The predicted octanol–water partition coefficient (Wildman–Crippen LogP) is -0.225. The maximum Gasteiger partial charge on any atom is 1.00 e. The van der Waals surface area contributed by atoms with Gasteiger partial charge in [-0.1, -0.05) is 0 Å². The first-order chi connectivity index (χ1) is 2.73. The number of hydrogen-bond donors (Lipinski definition) is 2. The zero-order chi connectivity index (χ0) is 5.58. The molecule has 0 aromatic rings. The van der Waals surface area contributed by atoms with E-state index in [0.29, 0.717) is 0 Å². The molecule has 0 radical (unpaired) electrons. The molecule has 0 unspecified atom stereocenters. The van der Waals surface area contributed by atoms with Crippen molar-refractivity contribution in [2.75, 3.05) is 0 Å². The second-order valence-corrected chi connectivity index (χ2v) is 0.692. The van der Waals surface area contributed by atoms with Crippen molar-refractivity contribution < 1.29 is 35.7 Å². The van der Waals surface area contributed by atoms with Gasteiger partial charge in [0, 0.05) is 0 Å². The third-order valence-electron chi connectivity index (χ3n) is 0. The van der Waals surface area contributed by atoms with Gasteiger partial charge in [-0.05, 0) is 0 Å². The van der Waals surface area contributed by atoms with Crippen molar-refractivity contribution in [3.63, 3.8) is 0 Å². The van der Waals surface area contributed by atoms with Crippen molar-refractivity contribution >= 4 is 11.4 Å². The summed E-state index contributed by atoms with van der Waals surface area (Å²) in [6, 6.07) is 0. The van der Waals surface area contributed by atoms with Crippen LogP contribution in [0, 0.1) is 11.8 Å². The number of hydrogen-bond acceptors (Lipinski definition) is 2. The van der Waals surface area contributed by atoms with Crippen molar-refractivity contribution in [1.29, 1.82) is 5.26 Å². The van der Waals surface area contributed by atoms with Crippen LogP contribution in [0.2, 0.25) is 0 Å². The Morgan fingerprint density at radius 1 is 1.43 bits per heavy atom. The molecule has 0 saturated heterocycles.